The average molecular weight is 254 g/mol. The maximum absolute atomic E-state index is 11.8. The van der Waals surface area contributed by atoms with Crippen molar-refractivity contribution in [2.45, 2.75) is 58.9 Å². The summed E-state index contributed by atoms with van der Waals surface area (Å²) >= 11 is 0. The lowest BCUT2D eigenvalue weighted by Gasteiger charge is -2.20. The molecule has 0 aliphatic heterocycles. The van der Waals surface area contributed by atoms with E-state index >= 15 is 0 Å². The highest BCUT2D eigenvalue weighted by Gasteiger charge is 2.18. The van der Waals surface area contributed by atoms with E-state index in [1.165, 1.54) is 11.5 Å². The molecule has 0 aliphatic carbocycles. The van der Waals surface area contributed by atoms with Crippen LogP contribution in [-0.4, -0.2) is 14.7 Å². The van der Waals surface area contributed by atoms with Crippen molar-refractivity contribution in [3.8, 4) is 5.88 Å². The molecule has 1 aromatic heterocycles. The average Bonchev–Trinajstić information content (AvgIpc) is 2.33. The van der Waals surface area contributed by atoms with E-state index in [0.717, 1.165) is 32.1 Å². The second kappa shape index (κ2) is 6.42. The molecular weight excluding hydrogens is 232 g/mol. The normalized spacial score (nSPS) is 12.6. The Bertz CT molecular complexity index is 502. The van der Waals surface area contributed by atoms with Gasteiger partial charge in [-0.3, -0.25) is 14.3 Å². The highest BCUT2D eigenvalue weighted by Crippen LogP contribution is 2.24. The van der Waals surface area contributed by atoms with Gasteiger partial charge in [0.1, 0.15) is 0 Å². The molecule has 5 heteroatoms. The van der Waals surface area contributed by atoms with Crippen LogP contribution in [0.15, 0.2) is 9.59 Å². The Morgan fingerprint density at radius 2 is 1.89 bits per heavy atom. The molecule has 0 aliphatic rings. The maximum Gasteiger partial charge on any atom is 0.331 e. The third kappa shape index (κ3) is 3.03. The summed E-state index contributed by atoms with van der Waals surface area (Å²) in [7, 11) is 0. The molecule has 0 aromatic carbocycles. The van der Waals surface area contributed by atoms with Gasteiger partial charge in [-0.2, -0.15) is 0 Å². The number of nitrogens with one attached hydrogen (secondary N) is 1. The van der Waals surface area contributed by atoms with Crippen molar-refractivity contribution in [2.24, 2.45) is 0 Å². The summed E-state index contributed by atoms with van der Waals surface area (Å²) in [5.74, 6) is -0.196. The summed E-state index contributed by atoms with van der Waals surface area (Å²) in [6.07, 6.45) is 4.62. The van der Waals surface area contributed by atoms with E-state index in [-0.39, 0.29) is 17.5 Å². The van der Waals surface area contributed by atoms with Crippen LogP contribution in [-0.2, 0) is 0 Å². The molecule has 1 unspecified atom stereocenters. The molecule has 0 radical (unpaired) electrons. The van der Waals surface area contributed by atoms with E-state index in [4.69, 9.17) is 0 Å². The number of hydrogen-bond acceptors (Lipinski definition) is 3. The standard InChI is InChI=1S/C13H22N2O3/c1-4-6-8-10(7-5-2)15-12(17)9(3)11(16)14-13(15)18/h10,17H,4-8H2,1-3H3,(H,14,16,18). The molecule has 5 nitrogen and oxygen atoms in total. The number of aromatic nitrogens is 2. The van der Waals surface area contributed by atoms with Gasteiger partial charge < -0.3 is 5.11 Å². The van der Waals surface area contributed by atoms with Crippen LogP contribution < -0.4 is 11.2 Å². The summed E-state index contributed by atoms with van der Waals surface area (Å²) in [5.41, 5.74) is -0.829. The smallest absolute Gasteiger partial charge is 0.331 e. The maximum atomic E-state index is 11.8. The number of rotatable bonds is 6. The molecule has 0 bridgehead atoms. The van der Waals surface area contributed by atoms with Crippen molar-refractivity contribution in [1.82, 2.24) is 9.55 Å². The first-order valence-electron chi connectivity index (χ1n) is 6.57. The third-order valence-corrected chi connectivity index (χ3v) is 3.22. The zero-order valence-electron chi connectivity index (χ0n) is 11.3. The van der Waals surface area contributed by atoms with E-state index in [1.54, 1.807) is 0 Å². The molecule has 102 valence electrons. The summed E-state index contributed by atoms with van der Waals surface area (Å²) in [5, 5.41) is 10.00. The van der Waals surface area contributed by atoms with Gasteiger partial charge in [0.05, 0.1) is 5.56 Å². The van der Waals surface area contributed by atoms with Crippen molar-refractivity contribution in [1.29, 1.82) is 0 Å². The lowest BCUT2D eigenvalue weighted by atomic mass is 10.0. The number of H-pyrrole nitrogens is 1. The first-order valence-corrected chi connectivity index (χ1v) is 6.57. The Balaban J connectivity index is 3.23. The van der Waals surface area contributed by atoms with Crippen LogP contribution in [0, 0.1) is 6.92 Å². The number of aromatic hydroxyl groups is 1. The lowest BCUT2D eigenvalue weighted by Crippen LogP contribution is -2.33. The van der Waals surface area contributed by atoms with Crippen LogP contribution in [0.25, 0.3) is 0 Å². The van der Waals surface area contributed by atoms with Crippen molar-refractivity contribution in [3.63, 3.8) is 0 Å². The van der Waals surface area contributed by atoms with Crippen molar-refractivity contribution in [2.75, 3.05) is 0 Å². The van der Waals surface area contributed by atoms with Crippen LogP contribution in [0.2, 0.25) is 0 Å². The molecule has 0 spiro atoms. The number of unbranched alkanes of at least 4 members (excludes halogenated alkanes) is 1. The highest BCUT2D eigenvalue weighted by molar-refractivity contribution is 5.21. The largest absolute Gasteiger partial charge is 0.494 e. The fourth-order valence-electron chi connectivity index (χ4n) is 2.14. The number of aromatic amines is 1. The van der Waals surface area contributed by atoms with Gasteiger partial charge >= 0.3 is 5.69 Å². The predicted molar refractivity (Wildman–Crippen MR) is 71.2 cm³/mol. The van der Waals surface area contributed by atoms with Gasteiger partial charge in [0.15, 0.2) is 0 Å². The molecule has 18 heavy (non-hydrogen) atoms. The monoisotopic (exact) mass is 254 g/mol. The Morgan fingerprint density at radius 3 is 2.44 bits per heavy atom. The van der Waals surface area contributed by atoms with E-state index in [9.17, 15) is 14.7 Å². The summed E-state index contributed by atoms with van der Waals surface area (Å²) in [6.45, 7) is 5.65. The van der Waals surface area contributed by atoms with Crippen LogP contribution in [0.1, 0.15) is 57.6 Å². The molecule has 1 rings (SSSR count). The van der Waals surface area contributed by atoms with Gasteiger partial charge in [-0.25, -0.2) is 4.79 Å². The minimum Gasteiger partial charge on any atom is -0.494 e. The zero-order chi connectivity index (χ0) is 13.7. The summed E-state index contributed by atoms with van der Waals surface area (Å²) < 4.78 is 1.33. The lowest BCUT2D eigenvalue weighted by molar-refractivity contribution is 0.327. The second-order valence-electron chi connectivity index (χ2n) is 4.66. The van der Waals surface area contributed by atoms with E-state index in [2.05, 4.69) is 11.9 Å². The quantitative estimate of drug-likeness (QED) is 0.816. The zero-order valence-corrected chi connectivity index (χ0v) is 11.3. The van der Waals surface area contributed by atoms with Gasteiger partial charge in [-0.15, -0.1) is 0 Å². The minimum atomic E-state index is -0.516. The molecule has 0 amide bonds. The Kier molecular flexibility index (Phi) is 5.19. The summed E-state index contributed by atoms with van der Waals surface area (Å²) in [6, 6.07) is -0.0435. The Hall–Kier alpha value is -1.52. The van der Waals surface area contributed by atoms with Crippen molar-refractivity contribution >= 4 is 0 Å². The predicted octanol–water partition coefficient (Wildman–Crippen LogP) is 2.08. The van der Waals surface area contributed by atoms with Gasteiger partial charge in [0, 0.05) is 6.04 Å². The molecule has 0 saturated carbocycles. The molecular formula is C13H22N2O3. The van der Waals surface area contributed by atoms with Gasteiger partial charge in [0.25, 0.3) is 5.56 Å². The van der Waals surface area contributed by atoms with E-state index < -0.39 is 11.2 Å². The first kappa shape index (κ1) is 14.5. The van der Waals surface area contributed by atoms with Crippen molar-refractivity contribution in [3.05, 3.63) is 26.4 Å². The van der Waals surface area contributed by atoms with E-state index in [0.29, 0.717) is 0 Å². The Morgan fingerprint density at radius 1 is 1.22 bits per heavy atom. The van der Waals surface area contributed by atoms with Crippen LogP contribution >= 0.6 is 0 Å². The van der Waals surface area contributed by atoms with Crippen LogP contribution in [0.3, 0.4) is 0 Å². The molecule has 2 N–H and O–H groups in total. The van der Waals surface area contributed by atoms with Crippen LogP contribution in [0.5, 0.6) is 5.88 Å². The minimum absolute atomic E-state index is 0.0435. The number of hydrogen-bond donors (Lipinski definition) is 2. The topological polar surface area (TPSA) is 75.1 Å². The molecule has 0 fully saturated rings. The SMILES string of the molecule is CCCCC(CCC)n1c(O)c(C)c(=O)[nH]c1=O. The molecule has 1 atom stereocenters. The van der Waals surface area contributed by atoms with Crippen molar-refractivity contribution < 1.29 is 5.11 Å². The first-order chi connectivity index (χ1) is 8.52. The fraction of sp³-hybridized carbons (Fsp3) is 0.692. The highest BCUT2D eigenvalue weighted by atomic mass is 16.3. The fourth-order valence-corrected chi connectivity index (χ4v) is 2.14. The molecule has 1 heterocycles. The summed E-state index contributed by atoms with van der Waals surface area (Å²) in [4.78, 5) is 25.5. The number of nitrogens with zero attached hydrogens (tertiary/aromatic N) is 1. The third-order valence-electron chi connectivity index (χ3n) is 3.22. The Labute approximate surface area is 106 Å². The van der Waals surface area contributed by atoms with Gasteiger partial charge in [-0.1, -0.05) is 33.1 Å². The molecule has 0 saturated heterocycles. The van der Waals surface area contributed by atoms with Crippen LogP contribution in [0.4, 0.5) is 0 Å². The van der Waals surface area contributed by atoms with Gasteiger partial charge in [-0.05, 0) is 19.8 Å². The van der Waals surface area contributed by atoms with E-state index in [1.807, 2.05) is 6.92 Å². The second-order valence-corrected chi connectivity index (χ2v) is 4.66. The molecule has 1 aromatic rings. The van der Waals surface area contributed by atoms with Gasteiger partial charge in [0.2, 0.25) is 5.88 Å².